The van der Waals surface area contributed by atoms with Gasteiger partial charge in [0.1, 0.15) is 0 Å². The van der Waals surface area contributed by atoms with Gasteiger partial charge in [0.2, 0.25) is 0 Å². The monoisotopic (exact) mass is 502 g/mol. The molecule has 0 amide bonds. The number of hydrogen-bond donors (Lipinski definition) is 0. The van der Waals surface area contributed by atoms with E-state index in [9.17, 15) is 0 Å². The number of halogens is 1. The molecule has 0 nitrogen and oxygen atoms in total. The predicted molar refractivity (Wildman–Crippen MR) is 121 cm³/mol. The molecule has 3 heteroatoms. The van der Waals surface area contributed by atoms with Crippen LogP contribution >= 0.6 is 16.9 Å². The van der Waals surface area contributed by atoms with Gasteiger partial charge in [0.05, 0.1) is 0 Å². The topological polar surface area (TPSA) is 0 Å². The number of benzene rings is 4. The van der Waals surface area contributed by atoms with Gasteiger partial charge >= 0.3 is 176 Å². The van der Waals surface area contributed by atoms with Crippen molar-refractivity contribution in [1.82, 2.24) is 0 Å². The molecule has 0 fully saturated rings. The van der Waals surface area contributed by atoms with E-state index in [1.165, 1.54) is 41.4 Å². The van der Waals surface area contributed by atoms with Crippen molar-refractivity contribution < 1.29 is 0 Å². The molecule has 0 atom stereocenters. The summed E-state index contributed by atoms with van der Waals surface area (Å²) < 4.78 is 1.39. The third-order valence-corrected chi connectivity index (χ3v) is 10.3. The van der Waals surface area contributed by atoms with Crippen LogP contribution in [0.4, 0.5) is 0 Å². The summed E-state index contributed by atoms with van der Waals surface area (Å²) in [6, 6.07) is 31.3. The average molecular weight is 500 g/mol. The SMILES string of the molecule is Cl[Te]c1ccc2c3c(ccc(P(c4ccccc4)c4ccccc4)c13)CC2. The summed E-state index contributed by atoms with van der Waals surface area (Å²) in [4.78, 5) is 0. The van der Waals surface area contributed by atoms with Crippen molar-refractivity contribution in [2.75, 3.05) is 0 Å². The minimum absolute atomic E-state index is 0.603. The van der Waals surface area contributed by atoms with Gasteiger partial charge < -0.3 is 0 Å². The molecule has 1 aliphatic rings. The Morgan fingerprint density at radius 1 is 0.630 bits per heavy atom. The van der Waals surface area contributed by atoms with E-state index in [-0.39, 0.29) is 0 Å². The number of aryl methyl sites for hydroxylation is 2. The van der Waals surface area contributed by atoms with Crippen molar-refractivity contribution in [3.05, 3.63) is 96.1 Å². The zero-order chi connectivity index (χ0) is 18.2. The molecule has 1 aliphatic carbocycles. The molecule has 0 unspecified atom stereocenters. The van der Waals surface area contributed by atoms with Gasteiger partial charge in [-0.05, 0) is 0 Å². The summed E-state index contributed by atoms with van der Waals surface area (Å²) in [6.45, 7) is 0. The van der Waals surface area contributed by atoms with Crippen molar-refractivity contribution in [3.63, 3.8) is 0 Å². The molecule has 0 heterocycles. The fraction of sp³-hybridized carbons (Fsp3) is 0.0833. The molecule has 4 aromatic rings. The fourth-order valence-corrected chi connectivity index (χ4v) is 8.85. The molecule has 0 aliphatic heterocycles. The van der Waals surface area contributed by atoms with Crippen LogP contribution in [0.5, 0.6) is 0 Å². The van der Waals surface area contributed by atoms with Crippen molar-refractivity contribution in [2.24, 2.45) is 0 Å². The third-order valence-electron chi connectivity index (χ3n) is 5.29. The van der Waals surface area contributed by atoms with Crippen molar-refractivity contribution in [3.8, 4) is 0 Å². The summed E-state index contributed by atoms with van der Waals surface area (Å²) in [7, 11) is 5.93. The summed E-state index contributed by atoms with van der Waals surface area (Å²) in [5.74, 6) is 0. The van der Waals surface area contributed by atoms with Crippen molar-refractivity contribution >= 4 is 67.0 Å². The molecule has 0 N–H and O–H groups in total. The first kappa shape index (κ1) is 17.7. The first-order valence-corrected chi connectivity index (χ1v) is 14.6. The van der Waals surface area contributed by atoms with Gasteiger partial charge in [-0.1, -0.05) is 0 Å². The molecule has 0 spiro atoms. The Kier molecular flexibility index (Phi) is 4.98. The molecule has 27 heavy (non-hydrogen) atoms. The Balaban J connectivity index is 1.85. The second-order valence-corrected chi connectivity index (χ2v) is 11.7. The second kappa shape index (κ2) is 7.58. The Hall–Kier alpha value is -1.35. The van der Waals surface area contributed by atoms with Gasteiger partial charge in [0, 0.05) is 0 Å². The van der Waals surface area contributed by atoms with E-state index >= 15 is 0 Å². The van der Waals surface area contributed by atoms with Crippen LogP contribution in [-0.4, -0.2) is 19.8 Å². The number of rotatable bonds is 4. The molecule has 4 aromatic carbocycles. The van der Waals surface area contributed by atoms with Crippen LogP contribution in [0.25, 0.3) is 10.8 Å². The molecule has 0 saturated heterocycles. The summed E-state index contributed by atoms with van der Waals surface area (Å²) in [6.07, 6.45) is 2.32. The maximum atomic E-state index is 6.54. The van der Waals surface area contributed by atoms with Crippen LogP contribution in [0.2, 0.25) is 0 Å². The predicted octanol–water partition coefficient (Wildman–Crippen LogP) is 4.18. The van der Waals surface area contributed by atoms with Crippen molar-refractivity contribution in [1.29, 1.82) is 0 Å². The molecule has 5 rings (SSSR count). The Morgan fingerprint density at radius 3 is 1.74 bits per heavy atom. The van der Waals surface area contributed by atoms with E-state index in [2.05, 4.69) is 84.9 Å². The molecule has 0 aromatic heterocycles. The van der Waals surface area contributed by atoms with Crippen LogP contribution in [0.3, 0.4) is 0 Å². The van der Waals surface area contributed by atoms with Gasteiger partial charge in [-0.25, -0.2) is 0 Å². The quantitative estimate of drug-likeness (QED) is 0.292. The van der Waals surface area contributed by atoms with Gasteiger partial charge in [-0.3, -0.25) is 0 Å². The Labute approximate surface area is 175 Å². The standard InChI is InChI=1S/C24H18ClPTe/c25-27-22-16-14-18-12-11-17-13-15-21(24(22)23(17)18)26(19-7-3-1-4-8-19)20-9-5-2-6-10-20/h1-10,13-16H,11-12H2. The van der Waals surface area contributed by atoms with Crippen LogP contribution in [-0.2, 0) is 12.8 Å². The van der Waals surface area contributed by atoms with E-state index in [1.54, 1.807) is 0 Å². The molecule has 132 valence electrons. The van der Waals surface area contributed by atoms with Crippen LogP contribution in [0.15, 0.2) is 84.9 Å². The number of hydrogen-bond acceptors (Lipinski definition) is 0. The van der Waals surface area contributed by atoms with E-state index in [0.717, 1.165) is 12.8 Å². The fourth-order valence-electron chi connectivity index (χ4n) is 4.11. The van der Waals surface area contributed by atoms with Gasteiger partial charge in [-0.15, -0.1) is 0 Å². The molecule has 0 bridgehead atoms. The van der Waals surface area contributed by atoms with Crippen LogP contribution in [0, 0.1) is 0 Å². The van der Waals surface area contributed by atoms with Gasteiger partial charge in [0.25, 0.3) is 0 Å². The van der Waals surface area contributed by atoms with E-state index in [4.69, 9.17) is 8.96 Å². The normalized spacial score (nSPS) is 12.8. The Morgan fingerprint density at radius 2 is 1.19 bits per heavy atom. The van der Waals surface area contributed by atoms with Gasteiger partial charge in [0.15, 0.2) is 0 Å². The van der Waals surface area contributed by atoms with Gasteiger partial charge in [-0.2, -0.15) is 0 Å². The summed E-state index contributed by atoms with van der Waals surface area (Å²) >= 11 is -0.681. The first-order valence-electron chi connectivity index (χ1n) is 9.13. The van der Waals surface area contributed by atoms with E-state index in [0.29, 0.717) is 0 Å². The van der Waals surface area contributed by atoms with Crippen molar-refractivity contribution in [2.45, 2.75) is 12.8 Å². The molecular formula is C24H18ClPTe. The minimum atomic E-state index is -0.681. The van der Waals surface area contributed by atoms with Crippen LogP contribution < -0.4 is 19.5 Å². The second-order valence-electron chi connectivity index (χ2n) is 6.80. The zero-order valence-electron chi connectivity index (χ0n) is 14.7. The third kappa shape index (κ3) is 3.12. The average Bonchev–Trinajstić information content (AvgIpc) is 3.16. The maximum absolute atomic E-state index is 6.54. The van der Waals surface area contributed by atoms with E-state index in [1.807, 2.05) is 0 Å². The molecule has 0 radical (unpaired) electrons. The Bertz CT molecular complexity index is 1060. The summed E-state index contributed by atoms with van der Waals surface area (Å²) in [5, 5.41) is 7.22. The first-order chi connectivity index (χ1) is 13.4. The zero-order valence-corrected chi connectivity index (χ0v) is 18.7. The molecule has 0 saturated carbocycles. The van der Waals surface area contributed by atoms with E-state index < -0.39 is 27.7 Å². The summed E-state index contributed by atoms with van der Waals surface area (Å²) in [5.41, 5.74) is 3.00. The van der Waals surface area contributed by atoms with Crippen LogP contribution in [0.1, 0.15) is 11.1 Å². The molecular weight excluding hydrogens is 482 g/mol.